The molecule has 5 aromatic rings. The SMILES string of the molecule is CC(C)=CCC/C(C)=C/Cc1c(O)cc(C)oc1=O.CC(C)=CCCC(C)(Oc1cc(C)oc(=O)c1)C1CC=C(C)CC1.CCCCC(CC)Oc1cc(C)oc(=O)c1.COc1ccc(/C=C/C(=O)Oc2cc(C)oc(=O)c2)cc1. The number of esters is 1. The van der Waals surface area contributed by atoms with Crippen molar-refractivity contribution in [3.8, 4) is 28.7 Å². The maximum atomic E-state index is 11.7. The first-order chi connectivity index (χ1) is 37.9. The van der Waals surface area contributed by atoms with E-state index in [1.807, 2.05) is 31.2 Å². The highest BCUT2D eigenvalue weighted by molar-refractivity contribution is 5.88. The van der Waals surface area contributed by atoms with Crippen molar-refractivity contribution in [3.63, 3.8) is 0 Å². The van der Waals surface area contributed by atoms with Crippen LogP contribution in [0.1, 0.15) is 167 Å². The molecule has 1 aliphatic rings. The Kier molecular flexibility index (Phi) is 28.7. The zero-order valence-electron chi connectivity index (χ0n) is 49.7. The van der Waals surface area contributed by atoms with Gasteiger partial charge in [-0.25, -0.2) is 24.0 Å². The Morgan fingerprint density at radius 2 is 1.29 bits per heavy atom. The molecule has 1 N–H and O–H groups in total. The number of hydrogen-bond acceptors (Lipinski definition) is 14. The third-order valence-corrected chi connectivity index (χ3v) is 12.9. The molecule has 0 radical (unpaired) electrons. The number of rotatable bonds is 21. The highest BCUT2D eigenvalue weighted by Gasteiger charge is 2.36. The van der Waals surface area contributed by atoms with Gasteiger partial charge in [0.1, 0.15) is 57.4 Å². The van der Waals surface area contributed by atoms with E-state index in [2.05, 4.69) is 73.6 Å². The van der Waals surface area contributed by atoms with Crippen molar-refractivity contribution in [2.75, 3.05) is 7.11 Å². The molecule has 434 valence electrons. The van der Waals surface area contributed by atoms with Crippen LogP contribution in [0.4, 0.5) is 0 Å². The van der Waals surface area contributed by atoms with Gasteiger partial charge >= 0.3 is 28.5 Å². The molecule has 80 heavy (non-hydrogen) atoms. The van der Waals surface area contributed by atoms with Gasteiger partial charge in [0.2, 0.25) is 0 Å². The first kappa shape index (κ1) is 66.7. The van der Waals surface area contributed by atoms with Gasteiger partial charge < -0.3 is 41.7 Å². The molecule has 0 fully saturated rings. The van der Waals surface area contributed by atoms with E-state index in [9.17, 15) is 29.1 Å². The maximum Gasteiger partial charge on any atom is 0.343 e. The Hall–Kier alpha value is -7.61. The van der Waals surface area contributed by atoms with E-state index in [0.717, 1.165) is 88.0 Å². The second kappa shape index (κ2) is 34.4. The summed E-state index contributed by atoms with van der Waals surface area (Å²) in [6, 6.07) is 17.7. The van der Waals surface area contributed by atoms with Crippen molar-refractivity contribution in [2.24, 2.45) is 5.92 Å². The molecule has 1 aromatic carbocycles. The summed E-state index contributed by atoms with van der Waals surface area (Å²) in [4.78, 5) is 57.2. The van der Waals surface area contributed by atoms with Crippen molar-refractivity contribution in [1.82, 2.24) is 0 Å². The minimum absolute atomic E-state index is 0.0158. The van der Waals surface area contributed by atoms with Crippen LogP contribution >= 0.6 is 0 Å². The quantitative estimate of drug-likeness (QED) is 0.0414. The lowest BCUT2D eigenvalue weighted by Crippen LogP contribution is -2.41. The molecule has 0 saturated heterocycles. The smallest absolute Gasteiger partial charge is 0.343 e. The highest BCUT2D eigenvalue weighted by Crippen LogP contribution is 2.38. The maximum absolute atomic E-state index is 11.7. The number of aryl methyl sites for hydroxylation is 4. The van der Waals surface area contributed by atoms with Crippen molar-refractivity contribution in [2.45, 2.75) is 179 Å². The van der Waals surface area contributed by atoms with Gasteiger partial charge in [-0.3, -0.25) is 0 Å². The molecule has 1 aliphatic carbocycles. The standard InChI is InChI=1S/C21H30O3.C16H14O5.C16H22O3.C13H20O3/c1-15(2)7-6-12-21(5,18-10-8-16(3)9-11-18)24-19-13-17(4)23-20(22)14-19;1-11-9-14(10-16(18)20-11)21-15(17)8-5-12-3-6-13(19-2)7-4-12;1-11(2)6-5-7-12(3)8-9-14-15(17)10-13(4)19-16(14)18;1-4-6-7-11(5-2)16-12-8-10(3)15-13(14)9-12/h7-8,13-14,18H,6,9-12H2,1-5H3;3-10H,1-2H3;6,8,10,17H,5,7,9H2,1-4H3;8-9,11H,4-7H2,1-3H3/b;8-5+;12-8+;. The fraction of sp³-hybridized carbons (Fsp3) is 0.439. The van der Waals surface area contributed by atoms with Crippen LogP contribution in [0, 0.1) is 33.6 Å². The molecule has 0 bridgehead atoms. The van der Waals surface area contributed by atoms with Crippen LogP contribution in [0.5, 0.6) is 28.7 Å². The van der Waals surface area contributed by atoms with Crippen molar-refractivity contribution >= 4 is 12.0 Å². The topological polar surface area (TPSA) is 195 Å². The number of aromatic hydroxyl groups is 1. The molecular weight excluding hydrogens is 1020 g/mol. The number of carbonyl (C=O) groups excluding carboxylic acids is 1. The number of carbonyl (C=O) groups is 1. The van der Waals surface area contributed by atoms with E-state index in [0.29, 0.717) is 52.4 Å². The summed E-state index contributed by atoms with van der Waals surface area (Å²) in [7, 11) is 1.58. The second-order valence-corrected chi connectivity index (χ2v) is 20.8. The second-order valence-electron chi connectivity index (χ2n) is 20.8. The summed E-state index contributed by atoms with van der Waals surface area (Å²) in [6.07, 6.45) is 23.7. The summed E-state index contributed by atoms with van der Waals surface area (Å²) in [6.45, 7) is 25.9. The molecule has 14 nitrogen and oxygen atoms in total. The number of unbranched alkanes of at least 4 members (excludes halogenated alkanes) is 1. The lowest BCUT2D eigenvalue weighted by Gasteiger charge is -2.39. The van der Waals surface area contributed by atoms with Gasteiger partial charge in [0.25, 0.3) is 0 Å². The van der Waals surface area contributed by atoms with Crippen LogP contribution in [0.15, 0.2) is 156 Å². The van der Waals surface area contributed by atoms with Gasteiger partial charge in [-0.05, 0) is 158 Å². The molecule has 3 atom stereocenters. The lowest BCUT2D eigenvalue weighted by atomic mass is 9.76. The minimum atomic E-state index is -0.573. The van der Waals surface area contributed by atoms with Gasteiger partial charge in [-0.2, -0.15) is 0 Å². The number of allylic oxidation sites excluding steroid dienone is 8. The van der Waals surface area contributed by atoms with Crippen LogP contribution in [-0.4, -0.2) is 29.9 Å². The van der Waals surface area contributed by atoms with Crippen molar-refractivity contribution in [3.05, 3.63) is 195 Å². The summed E-state index contributed by atoms with van der Waals surface area (Å²) < 4.78 is 41.9. The number of ether oxygens (including phenoxy) is 4. The molecule has 3 unspecified atom stereocenters. The van der Waals surface area contributed by atoms with Crippen LogP contribution < -0.4 is 41.4 Å². The zero-order chi connectivity index (χ0) is 59.4. The Morgan fingerprint density at radius 1 is 0.725 bits per heavy atom. The molecule has 4 heterocycles. The summed E-state index contributed by atoms with van der Waals surface area (Å²) >= 11 is 0. The number of benzene rings is 1. The van der Waals surface area contributed by atoms with E-state index in [4.69, 9.17) is 36.6 Å². The van der Waals surface area contributed by atoms with Crippen LogP contribution in [-0.2, 0) is 11.2 Å². The summed E-state index contributed by atoms with van der Waals surface area (Å²) in [5.41, 5.74) is 4.47. The predicted molar refractivity (Wildman–Crippen MR) is 317 cm³/mol. The molecule has 0 saturated carbocycles. The zero-order valence-corrected chi connectivity index (χ0v) is 49.7. The highest BCUT2D eigenvalue weighted by atomic mass is 16.5. The monoisotopic (exact) mass is 1100 g/mol. The Morgan fingerprint density at radius 3 is 1.82 bits per heavy atom. The Balaban J connectivity index is 0.000000283. The first-order valence-corrected chi connectivity index (χ1v) is 27.6. The average Bonchev–Trinajstić information content (AvgIpc) is 3.42. The van der Waals surface area contributed by atoms with E-state index in [-0.39, 0.29) is 34.5 Å². The molecule has 6 rings (SSSR count). The van der Waals surface area contributed by atoms with Gasteiger partial charge in [-0.15, -0.1) is 0 Å². The molecule has 0 spiro atoms. The average molecular weight is 1100 g/mol. The lowest BCUT2D eigenvalue weighted by molar-refractivity contribution is -0.128. The normalized spacial score (nSPS) is 14.0. The van der Waals surface area contributed by atoms with Crippen LogP contribution in [0.2, 0.25) is 0 Å². The van der Waals surface area contributed by atoms with Gasteiger partial charge in [0.05, 0.1) is 37.0 Å². The largest absolute Gasteiger partial charge is 0.507 e. The Labute approximate surface area is 472 Å². The molecule has 4 aromatic heterocycles. The number of hydrogen-bond donors (Lipinski definition) is 1. The number of methoxy groups -OCH3 is 1. The van der Waals surface area contributed by atoms with Gasteiger partial charge in [0, 0.05) is 42.7 Å². The van der Waals surface area contributed by atoms with Crippen LogP contribution in [0.25, 0.3) is 6.08 Å². The van der Waals surface area contributed by atoms with Gasteiger partial charge in [0.15, 0.2) is 0 Å². The summed E-state index contributed by atoms with van der Waals surface area (Å²) in [5, 5.41) is 9.74. The fourth-order valence-corrected chi connectivity index (χ4v) is 8.46. The fourth-order valence-electron chi connectivity index (χ4n) is 8.46. The summed E-state index contributed by atoms with van der Waals surface area (Å²) in [5.74, 6) is 4.02. The van der Waals surface area contributed by atoms with Crippen molar-refractivity contribution < 1.29 is 46.5 Å². The predicted octanol–water partition coefficient (Wildman–Crippen LogP) is 15.3. The molecular formula is C66H86O14. The van der Waals surface area contributed by atoms with E-state index < -0.39 is 17.2 Å². The van der Waals surface area contributed by atoms with Crippen LogP contribution in [0.3, 0.4) is 0 Å². The third-order valence-electron chi connectivity index (χ3n) is 12.9. The van der Waals surface area contributed by atoms with Crippen molar-refractivity contribution in [1.29, 1.82) is 0 Å². The van der Waals surface area contributed by atoms with E-state index in [1.54, 1.807) is 59.1 Å². The third kappa shape index (κ3) is 25.9. The minimum Gasteiger partial charge on any atom is -0.507 e. The first-order valence-electron chi connectivity index (χ1n) is 27.6. The van der Waals surface area contributed by atoms with E-state index in [1.165, 1.54) is 52.6 Å². The molecule has 14 heteroatoms. The van der Waals surface area contributed by atoms with E-state index >= 15 is 0 Å². The van der Waals surface area contributed by atoms with Gasteiger partial charge in [-0.1, -0.05) is 85.4 Å². The molecule has 0 amide bonds. The Bertz CT molecular complexity index is 3130. The molecule has 0 aliphatic heterocycles.